The van der Waals surface area contributed by atoms with Crippen LogP contribution in [0.3, 0.4) is 0 Å². The molecule has 7 heteroatoms. The summed E-state index contributed by atoms with van der Waals surface area (Å²) in [7, 11) is 1.81. The maximum Gasteiger partial charge on any atom is 0.270 e. The minimum atomic E-state index is -0.898. The van der Waals surface area contributed by atoms with Crippen LogP contribution in [-0.4, -0.2) is 32.7 Å². The van der Waals surface area contributed by atoms with Crippen LogP contribution >= 0.6 is 0 Å². The van der Waals surface area contributed by atoms with E-state index in [0.29, 0.717) is 17.6 Å². The number of nitrogens with zero attached hydrogens (tertiary/aromatic N) is 2. The average Bonchev–Trinajstić information content (AvgIpc) is 3.08. The van der Waals surface area contributed by atoms with Gasteiger partial charge in [-0.1, -0.05) is 25.0 Å². The van der Waals surface area contributed by atoms with Gasteiger partial charge in [0.25, 0.3) is 5.91 Å². The predicted octanol–water partition coefficient (Wildman–Crippen LogP) is 3.48. The van der Waals surface area contributed by atoms with Crippen molar-refractivity contribution in [3.8, 4) is 0 Å². The van der Waals surface area contributed by atoms with Crippen LogP contribution in [0.2, 0.25) is 0 Å². The Bertz CT molecular complexity index is 1060. The number of nitrogens with one attached hydrogen (secondary N) is 1. The van der Waals surface area contributed by atoms with Crippen molar-refractivity contribution in [1.82, 2.24) is 14.9 Å². The number of rotatable bonds is 4. The number of amides is 1. The number of benzene rings is 1. The summed E-state index contributed by atoms with van der Waals surface area (Å²) in [5.74, 6) is -2.16. The molecule has 0 bridgehead atoms. The molecule has 2 aromatic heterocycles. The SMILES string of the molecule is Cn1ccc2c(Cc3cccc(F)c3F)cc(C(=O)N[C@H]3CCCC[C@@H]3O)nc21. The third kappa shape index (κ3) is 3.87. The normalized spacial score (nSPS) is 19.4. The minimum Gasteiger partial charge on any atom is -0.391 e. The monoisotopic (exact) mass is 399 g/mol. The molecule has 0 radical (unpaired) electrons. The van der Waals surface area contributed by atoms with Crippen LogP contribution in [0.25, 0.3) is 11.0 Å². The lowest BCUT2D eigenvalue weighted by Crippen LogP contribution is -2.45. The smallest absolute Gasteiger partial charge is 0.270 e. The first-order valence-electron chi connectivity index (χ1n) is 9.81. The zero-order valence-electron chi connectivity index (χ0n) is 16.2. The van der Waals surface area contributed by atoms with Crippen LogP contribution in [0.4, 0.5) is 8.78 Å². The molecule has 2 heterocycles. The number of carbonyl (C=O) groups excluding carboxylic acids is 1. The fraction of sp³-hybridized carbons (Fsp3) is 0.364. The number of aromatic nitrogens is 2. The van der Waals surface area contributed by atoms with Gasteiger partial charge in [-0.2, -0.15) is 0 Å². The molecular formula is C22H23F2N3O2. The van der Waals surface area contributed by atoms with Crippen LogP contribution in [0.5, 0.6) is 0 Å². The highest BCUT2D eigenvalue weighted by atomic mass is 19.2. The summed E-state index contributed by atoms with van der Waals surface area (Å²) in [5, 5.41) is 13.8. The van der Waals surface area contributed by atoms with Crippen LogP contribution in [-0.2, 0) is 13.5 Å². The molecule has 2 N–H and O–H groups in total. The van der Waals surface area contributed by atoms with Gasteiger partial charge in [0, 0.05) is 25.1 Å². The summed E-state index contributed by atoms with van der Waals surface area (Å²) in [6.45, 7) is 0. The number of aliphatic hydroxyl groups is 1. The van der Waals surface area contributed by atoms with Gasteiger partial charge in [0.15, 0.2) is 11.6 Å². The maximum atomic E-state index is 14.2. The molecule has 5 nitrogen and oxygen atoms in total. The Hall–Kier alpha value is -2.80. The summed E-state index contributed by atoms with van der Waals surface area (Å²) in [6, 6.07) is 7.25. The summed E-state index contributed by atoms with van der Waals surface area (Å²) < 4.78 is 29.6. The highest BCUT2D eigenvalue weighted by molar-refractivity contribution is 5.95. The lowest BCUT2D eigenvalue weighted by Gasteiger charge is -2.28. The van der Waals surface area contributed by atoms with Crippen molar-refractivity contribution in [2.24, 2.45) is 7.05 Å². The minimum absolute atomic E-state index is 0.138. The Balaban J connectivity index is 1.69. The number of hydrogen-bond donors (Lipinski definition) is 2. The number of fused-ring (bicyclic) bond motifs is 1. The van der Waals surface area contributed by atoms with Crippen molar-refractivity contribution < 1.29 is 18.7 Å². The van der Waals surface area contributed by atoms with Gasteiger partial charge >= 0.3 is 0 Å². The van der Waals surface area contributed by atoms with Gasteiger partial charge in [0.2, 0.25) is 0 Å². The van der Waals surface area contributed by atoms with Crippen molar-refractivity contribution in [3.05, 3.63) is 65.0 Å². The van der Waals surface area contributed by atoms with Crippen molar-refractivity contribution in [2.75, 3.05) is 0 Å². The fourth-order valence-electron chi connectivity index (χ4n) is 3.98. The molecule has 1 amide bonds. The first-order valence-corrected chi connectivity index (χ1v) is 9.81. The molecule has 0 aliphatic heterocycles. The lowest BCUT2D eigenvalue weighted by molar-refractivity contribution is 0.0714. The zero-order valence-corrected chi connectivity index (χ0v) is 16.2. The van der Waals surface area contributed by atoms with Gasteiger partial charge in [0.05, 0.1) is 12.1 Å². The highest BCUT2D eigenvalue weighted by Crippen LogP contribution is 2.25. The lowest BCUT2D eigenvalue weighted by atomic mass is 9.92. The van der Waals surface area contributed by atoms with E-state index in [2.05, 4.69) is 10.3 Å². The number of carbonyl (C=O) groups is 1. The van der Waals surface area contributed by atoms with E-state index in [4.69, 9.17) is 0 Å². The molecule has 1 fully saturated rings. The number of hydrogen-bond acceptors (Lipinski definition) is 3. The molecule has 29 heavy (non-hydrogen) atoms. The molecule has 1 aliphatic rings. The van der Waals surface area contributed by atoms with Crippen LogP contribution < -0.4 is 5.32 Å². The Kier molecular flexibility index (Phi) is 5.32. The number of aryl methyl sites for hydroxylation is 1. The van der Waals surface area contributed by atoms with E-state index >= 15 is 0 Å². The van der Waals surface area contributed by atoms with Crippen LogP contribution in [0, 0.1) is 11.6 Å². The third-order valence-corrected chi connectivity index (χ3v) is 5.61. The largest absolute Gasteiger partial charge is 0.391 e. The first-order chi connectivity index (χ1) is 13.9. The molecule has 1 aromatic carbocycles. The molecule has 0 unspecified atom stereocenters. The number of aliphatic hydroxyl groups excluding tert-OH is 1. The Morgan fingerprint density at radius 1 is 1.24 bits per heavy atom. The van der Waals surface area contributed by atoms with Gasteiger partial charge in [0.1, 0.15) is 11.3 Å². The van der Waals surface area contributed by atoms with Gasteiger partial charge in [-0.05, 0) is 42.2 Å². The molecule has 1 saturated carbocycles. The zero-order chi connectivity index (χ0) is 20.5. The van der Waals surface area contributed by atoms with Crippen molar-refractivity contribution >= 4 is 16.9 Å². The topological polar surface area (TPSA) is 67.2 Å². The Labute approximate surface area is 167 Å². The van der Waals surface area contributed by atoms with E-state index in [1.807, 2.05) is 19.3 Å². The summed E-state index contributed by atoms with van der Waals surface area (Å²) in [5.41, 5.74) is 1.70. The Morgan fingerprint density at radius 2 is 2.03 bits per heavy atom. The molecule has 4 rings (SSSR count). The number of pyridine rings is 1. The van der Waals surface area contributed by atoms with Crippen LogP contribution in [0.1, 0.15) is 47.3 Å². The van der Waals surface area contributed by atoms with E-state index in [1.165, 1.54) is 12.1 Å². The predicted molar refractivity (Wildman–Crippen MR) is 106 cm³/mol. The number of halogens is 2. The Morgan fingerprint density at radius 3 is 2.83 bits per heavy atom. The second kappa shape index (κ2) is 7.91. The van der Waals surface area contributed by atoms with Gasteiger partial charge in [-0.3, -0.25) is 4.79 Å². The molecule has 0 saturated heterocycles. The van der Waals surface area contributed by atoms with Crippen molar-refractivity contribution in [3.63, 3.8) is 0 Å². The molecule has 3 aromatic rings. The van der Waals surface area contributed by atoms with E-state index in [9.17, 15) is 18.7 Å². The van der Waals surface area contributed by atoms with E-state index < -0.39 is 17.7 Å². The van der Waals surface area contributed by atoms with Crippen molar-refractivity contribution in [2.45, 2.75) is 44.2 Å². The van der Waals surface area contributed by atoms with Gasteiger partial charge in [-0.25, -0.2) is 13.8 Å². The van der Waals surface area contributed by atoms with E-state index in [0.717, 1.165) is 30.7 Å². The summed E-state index contributed by atoms with van der Waals surface area (Å²) in [6.07, 6.45) is 4.68. The molecule has 2 atom stereocenters. The molecule has 1 aliphatic carbocycles. The third-order valence-electron chi connectivity index (χ3n) is 5.61. The van der Waals surface area contributed by atoms with E-state index in [-0.39, 0.29) is 29.6 Å². The summed E-state index contributed by atoms with van der Waals surface area (Å²) in [4.78, 5) is 17.3. The fourth-order valence-corrected chi connectivity index (χ4v) is 3.98. The van der Waals surface area contributed by atoms with Crippen molar-refractivity contribution in [1.29, 1.82) is 0 Å². The second-order valence-electron chi connectivity index (χ2n) is 7.65. The molecule has 152 valence electrons. The van der Waals surface area contributed by atoms with Gasteiger partial charge in [-0.15, -0.1) is 0 Å². The quantitative estimate of drug-likeness (QED) is 0.706. The second-order valence-corrected chi connectivity index (χ2v) is 7.65. The average molecular weight is 399 g/mol. The van der Waals surface area contributed by atoms with E-state index in [1.54, 1.807) is 10.6 Å². The van der Waals surface area contributed by atoms with Crippen LogP contribution in [0.15, 0.2) is 36.5 Å². The highest BCUT2D eigenvalue weighted by Gasteiger charge is 2.26. The summed E-state index contributed by atoms with van der Waals surface area (Å²) >= 11 is 0. The molecule has 0 spiro atoms. The van der Waals surface area contributed by atoms with Gasteiger partial charge < -0.3 is 15.0 Å². The first kappa shape index (κ1) is 19.5. The standard InChI is InChI=1S/C22H23F2N3O2/c1-27-10-9-15-14(11-13-5-4-6-16(23)20(13)24)12-18(25-21(15)27)22(29)26-17-7-2-3-8-19(17)28/h4-6,9-10,12,17,19,28H,2-3,7-8,11H2,1H3,(H,26,29)/t17-,19-/m0/s1. The molecular weight excluding hydrogens is 376 g/mol. The maximum absolute atomic E-state index is 14.2.